The van der Waals surface area contributed by atoms with E-state index < -0.39 is 0 Å². The van der Waals surface area contributed by atoms with Crippen molar-refractivity contribution in [3.05, 3.63) is 15.6 Å². The molecule has 0 saturated heterocycles. The van der Waals surface area contributed by atoms with E-state index in [0.29, 0.717) is 0 Å². The summed E-state index contributed by atoms with van der Waals surface area (Å²) < 4.78 is 5.75. The summed E-state index contributed by atoms with van der Waals surface area (Å²) in [6, 6.07) is 0. The van der Waals surface area contributed by atoms with Crippen molar-refractivity contribution in [1.29, 1.82) is 0 Å². The average Bonchev–Trinajstić information content (AvgIpc) is 3.09. The van der Waals surface area contributed by atoms with E-state index in [1.54, 1.807) is 0 Å². The summed E-state index contributed by atoms with van der Waals surface area (Å²) in [6.07, 6.45) is 3.81. The molecular weight excluding hydrogens is 232 g/mol. The molecule has 1 fully saturated rings. The number of aromatic nitrogens is 1. The number of nitrogens with one attached hydrogen (secondary N) is 1. The molecule has 0 radical (unpaired) electrons. The smallest absolute Gasteiger partial charge is 0.122 e. The second kappa shape index (κ2) is 5.94. The molecule has 1 unspecified atom stereocenters. The van der Waals surface area contributed by atoms with Gasteiger partial charge in [0.25, 0.3) is 0 Å². The number of rotatable bonds is 7. The molecule has 1 heterocycles. The summed E-state index contributed by atoms with van der Waals surface area (Å²) in [4.78, 5) is 6.24. The Labute approximate surface area is 108 Å². The molecule has 4 heteroatoms. The number of hydrogen-bond acceptors (Lipinski definition) is 4. The van der Waals surface area contributed by atoms with E-state index in [0.717, 1.165) is 25.5 Å². The molecule has 0 amide bonds. The molecule has 1 aromatic rings. The zero-order valence-electron chi connectivity index (χ0n) is 11.0. The molecule has 1 saturated carbocycles. The van der Waals surface area contributed by atoms with Gasteiger partial charge in [-0.1, -0.05) is 6.92 Å². The molecule has 1 aromatic heterocycles. The third-order valence-corrected chi connectivity index (χ3v) is 4.22. The Bertz CT molecular complexity index is 360. The van der Waals surface area contributed by atoms with E-state index in [9.17, 15) is 0 Å². The lowest BCUT2D eigenvalue weighted by molar-refractivity contribution is 0.0595. The number of thiazole rings is 1. The Balaban J connectivity index is 2.18. The standard InChI is InChI=1S/C13H22N2OS/c1-4-10(16-5-2)13-15-12(9-6-7-9)11(17-13)8-14-3/h9-10,14H,4-8H2,1-3H3. The summed E-state index contributed by atoms with van der Waals surface area (Å²) in [7, 11) is 2.00. The van der Waals surface area contributed by atoms with Gasteiger partial charge in [-0.2, -0.15) is 0 Å². The van der Waals surface area contributed by atoms with Crippen molar-refractivity contribution in [3.8, 4) is 0 Å². The highest BCUT2D eigenvalue weighted by molar-refractivity contribution is 7.11. The van der Waals surface area contributed by atoms with Gasteiger partial charge in [0, 0.05) is 23.9 Å². The van der Waals surface area contributed by atoms with E-state index in [2.05, 4.69) is 12.2 Å². The molecule has 0 bridgehead atoms. The molecule has 1 atom stereocenters. The van der Waals surface area contributed by atoms with Crippen LogP contribution in [0.15, 0.2) is 0 Å². The van der Waals surface area contributed by atoms with Gasteiger partial charge in [-0.3, -0.25) is 0 Å². The average molecular weight is 254 g/mol. The third-order valence-electron chi connectivity index (χ3n) is 3.06. The minimum Gasteiger partial charge on any atom is -0.371 e. The summed E-state index contributed by atoms with van der Waals surface area (Å²) in [5, 5.41) is 4.41. The van der Waals surface area contributed by atoms with Crippen LogP contribution >= 0.6 is 11.3 Å². The third kappa shape index (κ3) is 3.06. The predicted octanol–water partition coefficient (Wildman–Crippen LogP) is 3.23. The van der Waals surface area contributed by atoms with Crippen LogP contribution in [0.5, 0.6) is 0 Å². The maximum Gasteiger partial charge on any atom is 0.122 e. The van der Waals surface area contributed by atoms with Crippen molar-refractivity contribution >= 4 is 11.3 Å². The highest BCUT2D eigenvalue weighted by Crippen LogP contribution is 2.43. The largest absolute Gasteiger partial charge is 0.371 e. The number of nitrogens with zero attached hydrogens (tertiary/aromatic N) is 1. The van der Waals surface area contributed by atoms with Gasteiger partial charge in [0.15, 0.2) is 0 Å². The van der Waals surface area contributed by atoms with Crippen LogP contribution in [0.1, 0.15) is 60.7 Å². The maximum atomic E-state index is 5.75. The summed E-state index contributed by atoms with van der Waals surface area (Å²) in [5.74, 6) is 0.725. The van der Waals surface area contributed by atoms with Crippen molar-refractivity contribution in [2.75, 3.05) is 13.7 Å². The second-order valence-electron chi connectivity index (χ2n) is 4.52. The summed E-state index contributed by atoms with van der Waals surface area (Å²) >= 11 is 1.83. The van der Waals surface area contributed by atoms with E-state index in [4.69, 9.17) is 9.72 Å². The van der Waals surface area contributed by atoms with Gasteiger partial charge in [0.05, 0.1) is 5.69 Å². The van der Waals surface area contributed by atoms with E-state index in [1.807, 2.05) is 25.3 Å². The number of hydrogen-bond donors (Lipinski definition) is 1. The van der Waals surface area contributed by atoms with Crippen molar-refractivity contribution in [2.45, 2.75) is 51.7 Å². The molecule has 1 aliphatic rings. The van der Waals surface area contributed by atoms with Crippen LogP contribution in [0.3, 0.4) is 0 Å². The molecule has 1 aliphatic carbocycles. The zero-order valence-corrected chi connectivity index (χ0v) is 11.8. The summed E-state index contributed by atoms with van der Waals surface area (Å²) in [5.41, 5.74) is 1.33. The molecule has 0 aliphatic heterocycles. The fourth-order valence-electron chi connectivity index (χ4n) is 2.05. The molecule has 17 heavy (non-hydrogen) atoms. The van der Waals surface area contributed by atoms with Crippen molar-refractivity contribution in [3.63, 3.8) is 0 Å². The van der Waals surface area contributed by atoms with Crippen LogP contribution in [0.25, 0.3) is 0 Å². The molecule has 0 aromatic carbocycles. The fourth-order valence-corrected chi connectivity index (χ4v) is 3.34. The SMILES string of the molecule is CCOC(CC)c1nc(C2CC2)c(CNC)s1. The Kier molecular flexibility index (Phi) is 4.54. The lowest BCUT2D eigenvalue weighted by Gasteiger charge is -2.11. The number of ether oxygens (including phenoxy) is 1. The van der Waals surface area contributed by atoms with E-state index in [1.165, 1.54) is 28.4 Å². The Morgan fingerprint density at radius 2 is 2.24 bits per heavy atom. The second-order valence-corrected chi connectivity index (χ2v) is 5.63. The van der Waals surface area contributed by atoms with Gasteiger partial charge in [0.2, 0.25) is 0 Å². The van der Waals surface area contributed by atoms with E-state index in [-0.39, 0.29) is 6.10 Å². The van der Waals surface area contributed by atoms with Crippen molar-refractivity contribution in [1.82, 2.24) is 10.3 Å². The molecule has 96 valence electrons. The highest BCUT2D eigenvalue weighted by Gasteiger charge is 2.30. The first kappa shape index (κ1) is 13.0. The lowest BCUT2D eigenvalue weighted by atomic mass is 10.2. The molecule has 2 rings (SSSR count). The van der Waals surface area contributed by atoms with Crippen molar-refractivity contribution in [2.24, 2.45) is 0 Å². The minimum atomic E-state index is 0.188. The van der Waals surface area contributed by atoms with Crippen LogP contribution < -0.4 is 5.32 Å². The monoisotopic (exact) mass is 254 g/mol. The maximum absolute atomic E-state index is 5.75. The van der Waals surface area contributed by atoms with Gasteiger partial charge in [-0.25, -0.2) is 4.98 Å². The van der Waals surface area contributed by atoms with E-state index >= 15 is 0 Å². The van der Waals surface area contributed by atoms with Crippen LogP contribution in [0.2, 0.25) is 0 Å². The minimum absolute atomic E-state index is 0.188. The molecule has 3 nitrogen and oxygen atoms in total. The Morgan fingerprint density at radius 3 is 2.76 bits per heavy atom. The predicted molar refractivity (Wildman–Crippen MR) is 71.5 cm³/mol. The van der Waals surface area contributed by atoms with Gasteiger partial charge >= 0.3 is 0 Å². The summed E-state index contributed by atoms with van der Waals surface area (Å²) in [6.45, 7) is 5.91. The highest BCUT2D eigenvalue weighted by atomic mass is 32.1. The molecule has 1 N–H and O–H groups in total. The molecular formula is C13H22N2OS. The van der Waals surface area contributed by atoms with Crippen LogP contribution in [-0.2, 0) is 11.3 Å². The van der Waals surface area contributed by atoms with Gasteiger partial charge in [0.1, 0.15) is 11.1 Å². The normalized spacial score (nSPS) is 17.4. The topological polar surface area (TPSA) is 34.1 Å². The first-order chi connectivity index (χ1) is 8.30. The molecule has 0 spiro atoms. The zero-order chi connectivity index (χ0) is 12.3. The van der Waals surface area contributed by atoms with Crippen LogP contribution in [0, 0.1) is 0 Å². The van der Waals surface area contributed by atoms with Gasteiger partial charge in [-0.05, 0) is 33.2 Å². The lowest BCUT2D eigenvalue weighted by Crippen LogP contribution is -2.05. The van der Waals surface area contributed by atoms with Crippen LogP contribution in [0.4, 0.5) is 0 Å². The Morgan fingerprint density at radius 1 is 1.47 bits per heavy atom. The first-order valence-electron chi connectivity index (χ1n) is 6.55. The Hall–Kier alpha value is -0.450. The van der Waals surface area contributed by atoms with Gasteiger partial charge < -0.3 is 10.1 Å². The van der Waals surface area contributed by atoms with Gasteiger partial charge in [-0.15, -0.1) is 11.3 Å². The van der Waals surface area contributed by atoms with Crippen molar-refractivity contribution < 1.29 is 4.74 Å². The fraction of sp³-hybridized carbons (Fsp3) is 0.769. The first-order valence-corrected chi connectivity index (χ1v) is 7.37. The van der Waals surface area contributed by atoms with Crippen LogP contribution in [-0.4, -0.2) is 18.6 Å². The quantitative estimate of drug-likeness (QED) is 0.811.